The van der Waals surface area contributed by atoms with Crippen LogP contribution in [0.5, 0.6) is 17.2 Å². The van der Waals surface area contributed by atoms with Crippen molar-refractivity contribution in [3.05, 3.63) is 47.0 Å². The Balaban J connectivity index is 2.18. The second-order valence-electron chi connectivity index (χ2n) is 4.96. The summed E-state index contributed by atoms with van der Waals surface area (Å²) in [5.74, 6) is 1.37. The van der Waals surface area contributed by atoms with Crippen LogP contribution in [-0.2, 0) is 0 Å². The van der Waals surface area contributed by atoms with Gasteiger partial charge in [-0.05, 0) is 24.3 Å². The molecule has 3 aromatic rings. The molecule has 0 unspecified atom stereocenters. The van der Waals surface area contributed by atoms with Gasteiger partial charge < -0.3 is 24.2 Å². The van der Waals surface area contributed by atoms with Crippen molar-refractivity contribution in [2.45, 2.75) is 0 Å². The van der Waals surface area contributed by atoms with Crippen molar-refractivity contribution < 1.29 is 14.2 Å². The van der Waals surface area contributed by atoms with Gasteiger partial charge in [-0.25, -0.2) is 4.98 Å². The van der Waals surface area contributed by atoms with Crippen molar-refractivity contribution in [1.29, 1.82) is 0 Å². The highest BCUT2D eigenvalue weighted by atomic mass is 16.5. The summed E-state index contributed by atoms with van der Waals surface area (Å²) in [5, 5.41) is 0. The van der Waals surface area contributed by atoms with E-state index in [0.29, 0.717) is 28.5 Å². The van der Waals surface area contributed by atoms with E-state index in [1.807, 2.05) is 12.1 Å². The first kappa shape index (κ1) is 15.7. The van der Waals surface area contributed by atoms with Gasteiger partial charge in [-0.15, -0.1) is 0 Å². The number of methoxy groups -OCH3 is 3. The molecule has 0 radical (unpaired) electrons. The third kappa shape index (κ3) is 2.71. The SMILES string of the molecule is COc1cc(-c2nc(-c3ccc[nH]3)c[nH]c2=O)cc(OC)c1OC. The number of benzene rings is 1. The monoisotopic (exact) mass is 327 g/mol. The van der Waals surface area contributed by atoms with Gasteiger partial charge in [0.2, 0.25) is 5.75 Å². The Morgan fingerprint density at radius 2 is 1.71 bits per heavy atom. The number of hydrogen-bond acceptors (Lipinski definition) is 5. The summed E-state index contributed by atoms with van der Waals surface area (Å²) < 4.78 is 16.0. The van der Waals surface area contributed by atoms with Crippen LogP contribution in [0, 0.1) is 0 Å². The summed E-state index contributed by atoms with van der Waals surface area (Å²) in [5.41, 5.74) is 1.96. The second-order valence-corrected chi connectivity index (χ2v) is 4.96. The molecule has 0 saturated carbocycles. The van der Waals surface area contributed by atoms with E-state index in [9.17, 15) is 4.79 Å². The lowest BCUT2D eigenvalue weighted by molar-refractivity contribution is 0.324. The molecular formula is C17H17N3O4. The van der Waals surface area contributed by atoms with Gasteiger partial charge in [-0.2, -0.15) is 0 Å². The molecule has 0 aliphatic carbocycles. The van der Waals surface area contributed by atoms with E-state index in [0.717, 1.165) is 5.69 Å². The number of rotatable bonds is 5. The van der Waals surface area contributed by atoms with Gasteiger partial charge in [0.05, 0.1) is 27.0 Å². The summed E-state index contributed by atoms with van der Waals surface area (Å²) in [6.07, 6.45) is 3.36. The molecule has 0 saturated heterocycles. The number of nitrogens with one attached hydrogen (secondary N) is 2. The molecule has 0 aliphatic heterocycles. The Bertz CT molecular complexity index is 875. The normalized spacial score (nSPS) is 10.5. The maximum Gasteiger partial charge on any atom is 0.274 e. The van der Waals surface area contributed by atoms with Crippen molar-refractivity contribution in [3.63, 3.8) is 0 Å². The van der Waals surface area contributed by atoms with E-state index in [-0.39, 0.29) is 11.3 Å². The summed E-state index contributed by atoms with van der Waals surface area (Å²) in [6.45, 7) is 0. The number of nitrogens with zero attached hydrogens (tertiary/aromatic N) is 1. The van der Waals surface area contributed by atoms with E-state index < -0.39 is 0 Å². The molecule has 2 N–H and O–H groups in total. The number of aromatic amines is 2. The lowest BCUT2D eigenvalue weighted by Crippen LogP contribution is -2.11. The van der Waals surface area contributed by atoms with Crippen molar-refractivity contribution in [1.82, 2.24) is 15.0 Å². The highest BCUT2D eigenvalue weighted by Crippen LogP contribution is 2.40. The van der Waals surface area contributed by atoms with E-state index >= 15 is 0 Å². The molecule has 0 fully saturated rings. The molecule has 0 amide bonds. The van der Waals surface area contributed by atoms with Crippen LogP contribution in [-0.4, -0.2) is 36.3 Å². The zero-order valence-corrected chi connectivity index (χ0v) is 13.5. The van der Waals surface area contributed by atoms with E-state index in [4.69, 9.17) is 14.2 Å². The fourth-order valence-electron chi connectivity index (χ4n) is 2.45. The third-order valence-corrected chi connectivity index (χ3v) is 3.60. The van der Waals surface area contributed by atoms with Gasteiger partial charge in [-0.3, -0.25) is 4.79 Å². The molecule has 7 nitrogen and oxygen atoms in total. The zero-order chi connectivity index (χ0) is 17.1. The minimum atomic E-state index is -0.306. The number of H-pyrrole nitrogens is 2. The number of hydrogen-bond donors (Lipinski definition) is 2. The standard InChI is InChI=1S/C17H17N3O4/c1-22-13-7-10(8-14(23-2)16(13)24-3)15-17(21)19-9-12(20-15)11-5-4-6-18-11/h4-9,18H,1-3H3,(H,19,21). The minimum absolute atomic E-state index is 0.265. The Morgan fingerprint density at radius 1 is 1.00 bits per heavy atom. The van der Waals surface area contributed by atoms with Gasteiger partial charge in [0.15, 0.2) is 11.5 Å². The molecule has 0 bridgehead atoms. The summed E-state index contributed by atoms with van der Waals surface area (Å²) in [7, 11) is 4.57. The van der Waals surface area contributed by atoms with Crippen LogP contribution < -0.4 is 19.8 Å². The van der Waals surface area contributed by atoms with Crippen molar-refractivity contribution in [2.24, 2.45) is 0 Å². The highest BCUT2D eigenvalue weighted by molar-refractivity contribution is 5.69. The quantitative estimate of drug-likeness (QED) is 0.751. The van der Waals surface area contributed by atoms with E-state index in [1.165, 1.54) is 21.3 Å². The lowest BCUT2D eigenvalue weighted by atomic mass is 10.1. The molecule has 1 aromatic carbocycles. The molecule has 0 atom stereocenters. The largest absolute Gasteiger partial charge is 0.493 e. The maximum atomic E-state index is 12.3. The summed E-state index contributed by atoms with van der Waals surface area (Å²) >= 11 is 0. The Morgan fingerprint density at radius 3 is 2.25 bits per heavy atom. The molecule has 2 heterocycles. The van der Waals surface area contributed by atoms with Crippen LogP contribution in [0.1, 0.15) is 0 Å². The molecule has 0 spiro atoms. The maximum absolute atomic E-state index is 12.3. The van der Waals surface area contributed by atoms with Gasteiger partial charge >= 0.3 is 0 Å². The summed E-state index contributed by atoms with van der Waals surface area (Å²) in [6, 6.07) is 7.12. The Kier molecular flexibility index (Phi) is 4.24. The fourth-order valence-corrected chi connectivity index (χ4v) is 2.45. The van der Waals surface area contributed by atoms with Crippen LogP contribution >= 0.6 is 0 Å². The molecule has 24 heavy (non-hydrogen) atoms. The number of aromatic nitrogens is 3. The first-order chi connectivity index (χ1) is 11.7. The van der Waals surface area contributed by atoms with Gasteiger partial charge in [0.25, 0.3) is 5.56 Å². The van der Waals surface area contributed by atoms with Crippen molar-refractivity contribution >= 4 is 0 Å². The topological polar surface area (TPSA) is 89.2 Å². The minimum Gasteiger partial charge on any atom is -0.493 e. The molecular weight excluding hydrogens is 310 g/mol. The Labute approximate surface area is 138 Å². The van der Waals surface area contributed by atoms with E-state index in [2.05, 4.69) is 15.0 Å². The smallest absolute Gasteiger partial charge is 0.274 e. The first-order valence-corrected chi connectivity index (χ1v) is 7.21. The Hall–Kier alpha value is -3.22. The van der Waals surface area contributed by atoms with E-state index in [1.54, 1.807) is 24.5 Å². The average Bonchev–Trinajstić information content (AvgIpc) is 3.15. The molecule has 124 valence electrons. The lowest BCUT2D eigenvalue weighted by Gasteiger charge is -2.13. The van der Waals surface area contributed by atoms with Gasteiger partial charge in [0.1, 0.15) is 11.4 Å². The molecule has 0 aliphatic rings. The fraction of sp³-hybridized carbons (Fsp3) is 0.176. The van der Waals surface area contributed by atoms with Crippen LogP contribution in [0.2, 0.25) is 0 Å². The predicted molar refractivity (Wildman–Crippen MR) is 89.7 cm³/mol. The molecule has 3 rings (SSSR count). The average molecular weight is 327 g/mol. The molecule has 2 aromatic heterocycles. The van der Waals surface area contributed by atoms with Crippen LogP contribution in [0.25, 0.3) is 22.6 Å². The van der Waals surface area contributed by atoms with Crippen LogP contribution in [0.3, 0.4) is 0 Å². The van der Waals surface area contributed by atoms with Gasteiger partial charge in [-0.1, -0.05) is 0 Å². The van der Waals surface area contributed by atoms with Crippen molar-refractivity contribution in [3.8, 4) is 39.9 Å². The predicted octanol–water partition coefficient (Wildman–Crippen LogP) is 2.46. The second kappa shape index (κ2) is 6.49. The van der Waals surface area contributed by atoms with Crippen molar-refractivity contribution in [2.75, 3.05) is 21.3 Å². The third-order valence-electron chi connectivity index (χ3n) is 3.60. The highest BCUT2D eigenvalue weighted by Gasteiger charge is 2.17. The van der Waals surface area contributed by atoms with Crippen LogP contribution in [0.4, 0.5) is 0 Å². The zero-order valence-electron chi connectivity index (χ0n) is 13.5. The number of ether oxygens (including phenoxy) is 3. The molecule has 7 heteroatoms. The first-order valence-electron chi connectivity index (χ1n) is 7.21. The van der Waals surface area contributed by atoms with Gasteiger partial charge in [0, 0.05) is 18.0 Å². The summed E-state index contributed by atoms with van der Waals surface area (Å²) in [4.78, 5) is 22.5. The van der Waals surface area contributed by atoms with Crippen LogP contribution in [0.15, 0.2) is 41.5 Å².